The number of benzene rings is 1. The summed E-state index contributed by atoms with van der Waals surface area (Å²) in [5.41, 5.74) is 0.840. The standard InChI is InChI=1S/C19H25F2NO4/c1-2-25-17-9-12(7-8-16(17)26-19(20)21)11-22-14-6-4-3-5-13(14)10-15(22)18(23)24/h7-9,13-15,19H,2-6,10-11H2,1H3,(H,23,24). The van der Waals surface area contributed by atoms with Crippen molar-refractivity contribution in [3.05, 3.63) is 23.8 Å². The van der Waals surface area contributed by atoms with Crippen LogP contribution in [0.25, 0.3) is 0 Å². The smallest absolute Gasteiger partial charge is 0.387 e. The van der Waals surface area contributed by atoms with Gasteiger partial charge in [-0.2, -0.15) is 8.78 Å². The number of alkyl halides is 2. The Morgan fingerprint density at radius 2 is 2.08 bits per heavy atom. The van der Waals surface area contributed by atoms with Crippen molar-refractivity contribution in [2.45, 2.75) is 64.3 Å². The van der Waals surface area contributed by atoms with E-state index in [1.165, 1.54) is 6.07 Å². The van der Waals surface area contributed by atoms with Gasteiger partial charge in [0.25, 0.3) is 0 Å². The maximum absolute atomic E-state index is 12.5. The number of carboxylic acid groups (broad SMARTS) is 1. The van der Waals surface area contributed by atoms with Crippen LogP contribution in [0, 0.1) is 5.92 Å². The number of halogens is 2. The molecule has 3 atom stereocenters. The summed E-state index contributed by atoms with van der Waals surface area (Å²) in [6.45, 7) is -0.354. The lowest BCUT2D eigenvalue weighted by Crippen LogP contribution is -2.41. The Bertz CT molecular complexity index is 640. The van der Waals surface area contributed by atoms with Gasteiger partial charge in [0.05, 0.1) is 6.61 Å². The monoisotopic (exact) mass is 369 g/mol. The van der Waals surface area contributed by atoms with Crippen LogP contribution >= 0.6 is 0 Å². The molecule has 1 heterocycles. The Balaban J connectivity index is 1.81. The van der Waals surface area contributed by atoms with E-state index >= 15 is 0 Å². The quantitative estimate of drug-likeness (QED) is 0.790. The van der Waals surface area contributed by atoms with Crippen molar-refractivity contribution in [3.8, 4) is 11.5 Å². The summed E-state index contributed by atoms with van der Waals surface area (Å²) in [7, 11) is 0. The number of carbonyl (C=O) groups is 1. The molecule has 1 saturated heterocycles. The fourth-order valence-corrected chi connectivity index (χ4v) is 4.35. The second-order valence-electron chi connectivity index (χ2n) is 6.97. The van der Waals surface area contributed by atoms with Crippen molar-refractivity contribution in [2.24, 2.45) is 5.92 Å². The number of carboxylic acids is 1. The molecule has 2 aliphatic rings. The Morgan fingerprint density at radius 3 is 2.77 bits per heavy atom. The number of likely N-dealkylation sites (tertiary alicyclic amines) is 1. The van der Waals surface area contributed by atoms with Gasteiger partial charge in [-0.3, -0.25) is 9.69 Å². The minimum atomic E-state index is -2.92. The average Bonchev–Trinajstić information content (AvgIpc) is 2.96. The van der Waals surface area contributed by atoms with E-state index in [1.807, 2.05) is 0 Å². The van der Waals surface area contributed by atoms with Gasteiger partial charge < -0.3 is 14.6 Å². The Hall–Kier alpha value is -1.89. The van der Waals surface area contributed by atoms with Crippen molar-refractivity contribution in [1.82, 2.24) is 4.90 Å². The summed E-state index contributed by atoms with van der Waals surface area (Å²) < 4.78 is 35.0. The molecule has 0 radical (unpaired) electrons. The largest absolute Gasteiger partial charge is 0.490 e. The first-order valence-corrected chi connectivity index (χ1v) is 9.18. The number of hydrogen-bond acceptors (Lipinski definition) is 4. The summed E-state index contributed by atoms with van der Waals surface area (Å²) in [5, 5.41) is 9.62. The van der Waals surface area contributed by atoms with E-state index < -0.39 is 18.6 Å². The molecule has 0 aromatic heterocycles. The summed E-state index contributed by atoms with van der Waals surface area (Å²) in [6, 6.07) is 4.63. The molecule has 1 aromatic carbocycles. The number of rotatable bonds is 7. The zero-order valence-electron chi connectivity index (χ0n) is 14.9. The first-order valence-electron chi connectivity index (χ1n) is 9.18. The van der Waals surface area contributed by atoms with Crippen LogP contribution in [0.3, 0.4) is 0 Å². The summed E-state index contributed by atoms with van der Waals surface area (Å²) in [6.07, 6.45) is 5.06. The highest BCUT2D eigenvalue weighted by Crippen LogP contribution is 2.41. The van der Waals surface area contributed by atoms with E-state index in [2.05, 4.69) is 9.64 Å². The Morgan fingerprint density at radius 1 is 1.31 bits per heavy atom. The number of ether oxygens (including phenoxy) is 2. The fourth-order valence-electron chi connectivity index (χ4n) is 4.35. The van der Waals surface area contributed by atoms with Crippen LogP contribution in [0.2, 0.25) is 0 Å². The molecule has 5 nitrogen and oxygen atoms in total. The lowest BCUT2D eigenvalue weighted by molar-refractivity contribution is -0.142. The van der Waals surface area contributed by atoms with Crippen molar-refractivity contribution in [2.75, 3.05) is 6.61 Å². The van der Waals surface area contributed by atoms with E-state index in [9.17, 15) is 18.7 Å². The van der Waals surface area contributed by atoms with Crippen LogP contribution < -0.4 is 9.47 Å². The molecule has 1 aliphatic carbocycles. The van der Waals surface area contributed by atoms with E-state index in [0.29, 0.717) is 25.5 Å². The highest BCUT2D eigenvalue weighted by atomic mass is 19.3. The number of nitrogens with zero attached hydrogens (tertiary/aromatic N) is 1. The predicted octanol–water partition coefficient (Wildman–Crippen LogP) is 3.90. The van der Waals surface area contributed by atoms with Crippen molar-refractivity contribution in [1.29, 1.82) is 0 Å². The van der Waals surface area contributed by atoms with Gasteiger partial charge in [0.1, 0.15) is 6.04 Å². The van der Waals surface area contributed by atoms with Gasteiger partial charge in [0, 0.05) is 12.6 Å². The summed E-state index contributed by atoms with van der Waals surface area (Å²) in [4.78, 5) is 13.8. The molecule has 1 aliphatic heterocycles. The minimum absolute atomic E-state index is 0.00245. The van der Waals surface area contributed by atoms with Gasteiger partial charge >= 0.3 is 12.6 Å². The van der Waals surface area contributed by atoms with Gasteiger partial charge in [-0.25, -0.2) is 0 Å². The summed E-state index contributed by atoms with van der Waals surface area (Å²) in [5.74, 6) is -0.103. The molecule has 3 rings (SSSR count). The molecular weight excluding hydrogens is 344 g/mol. The molecule has 0 amide bonds. The van der Waals surface area contributed by atoms with Gasteiger partial charge in [0.2, 0.25) is 0 Å². The molecule has 0 bridgehead atoms. The van der Waals surface area contributed by atoms with E-state index in [1.54, 1.807) is 19.1 Å². The van der Waals surface area contributed by atoms with Gasteiger partial charge in [-0.15, -0.1) is 0 Å². The molecule has 26 heavy (non-hydrogen) atoms. The van der Waals surface area contributed by atoms with E-state index in [4.69, 9.17) is 4.74 Å². The molecule has 3 unspecified atom stereocenters. The van der Waals surface area contributed by atoms with Crippen LogP contribution in [0.5, 0.6) is 11.5 Å². The SMILES string of the molecule is CCOc1cc(CN2C(C(=O)O)CC3CCCCC32)ccc1OC(F)F. The Labute approximate surface area is 151 Å². The first kappa shape index (κ1) is 18.9. The van der Waals surface area contributed by atoms with Crippen molar-refractivity contribution < 1.29 is 28.2 Å². The predicted molar refractivity (Wildman–Crippen MR) is 91.6 cm³/mol. The number of fused-ring (bicyclic) bond motifs is 1. The topological polar surface area (TPSA) is 59.0 Å². The van der Waals surface area contributed by atoms with E-state index in [0.717, 1.165) is 31.2 Å². The highest BCUT2D eigenvalue weighted by Gasteiger charge is 2.45. The molecule has 2 fully saturated rings. The van der Waals surface area contributed by atoms with Crippen LogP contribution in [-0.4, -0.2) is 41.3 Å². The Kier molecular flexibility index (Phi) is 5.96. The molecular formula is C19H25F2NO4. The fraction of sp³-hybridized carbons (Fsp3) is 0.632. The van der Waals surface area contributed by atoms with Crippen molar-refractivity contribution >= 4 is 5.97 Å². The first-order chi connectivity index (χ1) is 12.5. The van der Waals surface area contributed by atoms with Gasteiger partial charge in [-0.1, -0.05) is 18.9 Å². The molecule has 1 N–H and O–H groups in total. The minimum Gasteiger partial charge on any atom is -0.490 e. The molecule has 1 aromatic rings. The molecule has 7 heteroatoms. The van der Waals surface area contributed by atoms with Crippen molar-refractivity contribution in [3.63, 3.8) is 0 Å². The lowest BCUT2D eigenvalue weighted by Gasteiger charge is -2.33. The van der Waals surface area contributed by atoms with Crippen LogP contribution in [-0.2, 0) is 11.3 Å². The second-order valence-corrected chi connectivity index (χ2v) is 6.97. The third-order valence-electron chi connectivity index (χ3n) is 5.40. The maximum atomic E-state index is 12.5. The summed E-state index contributed by atoms with van der Waals surface area (Å²) >= 11 is 0. The van der Waals surface area contributed by atoms with Crippen LogP contribution in [0.15, 0.2) is 18.2 Å². The molecule has 1 saturated carbocycles. The third kappa shape index (κ3) is 4.09. The normalized spacial score (nSPS) is 25.9. The van der Waals surface area contributed by atoms with Crippen LogP contribution in [0.4, 0.5) is 8.78 Å². The highest BCUT2D eigenvalue weighted by molar-refractivity contribution is 5.74. The number of hydrogen-bond donors (Lipinski definition) is 1. The maximum Gasteiger partial charge on any atom is 0.387 e. The molecule has 0 spiro atoms. The zero-order chi connectivity index (χ0) is 18.7. The van der Waals surface area contributed by atoms with E-state index in [-0.39, 0.29) is 17.5 Å². The zero-order valence-corrected chi connectivity index (χ0v) is 14.9. The molecule has 144 valence electrons. The average molecular weight is 369 g/mol. The third-order valence-corrected chi connectivity index (χ3v) is 5.40. The number of aliphatic carboxylic acids is 1. The lowest BCUT2D eigenvalue weighted by atomic mass is 9.84. The second kappa shape index (κ2) is 8.20. The van der Waals surface area contributed by atoms with Crippen LogP contribution in [0.1, 0.15) is 44.6 Å². The van der Waals surface area contributed by atoms with Gasteiger partial charge in [0.15, 0.2) is 11.5 Å². The van der Waals surface area contributed by atoms with Gasteiger partial charge in [-0.05, 0) is 49.8 Å².